The molecule has 4 nitrogen and oxygen atoms in total. The van der Waals surface area contributed by atoms with Gasteiger partial charge in [0.05, 0.1) is 0 Å². The van der Waals surface area contributed by atoms with Crippen LogP contribution in [0.15, 0.2) is 30.3 Å². The van der Waals surface area contributed by atoms with Gasteiger partial charge in [-0.2, -0.15) is 0 Å². The Morgan fingerprint density at radius 2 is 1.89 bits per heavy atom. The molecule has 1 saturated carbocycles. The molecule has 0 radical (unpaired) electrons. The number of nitrogens with one attached hydrogen (secondary N) is 2. The van der Waals surface area contributed by atoms with Gasteiger partial charge in [0, 0.05) is 5.69 Å². The highest BCUT2D eigenvalue weighted by atomic mass is 35.5. The van der Waals surface area contributed by atoms with E-state index in [1.165, 1.54) is 0 Å². The molecule has 2 amide bonds. The lowest BCUT2D eigenvalue weighted by Gasteiger charge is -2.18. The van der Waals surface area contributed by atoms with Crippen molar-refractivity contribution in [2.24, 2.45) is 0 Å². The molecule has 0 aliphatic heterocycles. The number of halogens is 1. The van der Waals surface area contributed by atoms with E-state index in [1.807, 2.05) is 18.2 Å². The Kier molecular flexibility index (Phi) is 3.57. The third-order valence-corrected chi connectivity index (χ3v) is 3.14. The number of alkyl halides is 1. The molecule has 0 heterocycles. The van der Waals surface area contributed by atoms with Crippen molar-refractivity contribution in [3.05, 3.63) is 30.3 Å². The van der Waals surface area contributed by atoms with E-state index >= 15 is 0 Å². The average Bonchev–Trinajstić information content (AvgIpc) is 3.11. The zero-order chi connectivity index (χ0) is 13.2. The first kappa shape index (κ1) is 12.9. The van der Waals surface area contributed by atoms with Gasteiger partial charge in [-0.25, -0.2) is 0 Å². The summed E-state index contributed by atoms with van der Waals surface area (Å²) in [5.41, 5.74) is -0.0438. The lowest BCUT2D eigenvalue weighted by atomic mass is 10.2. The molecule has 18 heavy (non-hydrogen) atoms. The van der Waals surface area contributed by atoms with Gasteiger partial charge in [-0.05, 0) is 31.9 Å². The Morgan fingerprint density at radius 3 is 2.39 bits per heavy atom. The number of hydrogen-bond donors (Lipinski definition) is 2. The minimum Gasteiger partial charge on any atom is -0.340 e. The van der Waals surface area contributed by atoms with Gasteiger partial charge in [0.25, 0.3) is 0 Å². The van der Waals surface area contributed by atoms with Crippen LogP contribution in [0.2, 0.25) is 0 Å². The Hall–Kier alpha value is -1.55. The summed E-state index contributed by atoms with van der Waals surface area (Å²) in [5, 5.41) is 4.86. The van der Waals surface area contributed by atoms with Crippen molar-refractivity contribution < 1.29 is 9.59 Å². The van der Waals surface area contributed by atoms with Crippen molar-refractivity contribution in [2.75, 3.05) is 5.32 Å². The molecule has 2 rings (SSSR count). The molecule has 1 unspecified atom stereocenters. The van der Waals surface area contributed by atoms with E-state index in [-0.39, 0.29) is 11.8 Å². The molecule has 96 valence electrons. The normalized spacial score (nSPS) is 17.7. The SMILES string of the molecule is CC(Cl)C(=O)NC1(C(=O)Nc2ccccc2)CC1. The van der Waals surface area contributed by atoms with Gasteiger partial charge in [0.15, 0.2) is 0 Å². The highest BCUT2D eigenvalue weighted by Crippen LogP contribution is 2.36. The molecule has 1 aromatic rings. The molecule has 2 N–H and O–H groups in total. The van der Waals surface area contributed by atoms with Crippen LogP contribution in [-0.4, -0.2) is 22.7 Å². The van der Waals surface area contributed by atoms with Crippen LogP contribution in [0.1, 0.15) is 19.8 Å². The zero-order valence-corrected chi connectivity index (χ0v) is 10.8. The number of carbonyl (C=O) groups is 2. The predicted octanol–water partition coefficient (Wildman–Crippen LogP) is 1.90. The number of hydrogen-bond acceptors (Lipinski definition) is 2. The van der Waals surface area contributed by atoms with Crippen LogP contribution >= 0.6 is 11.6 Å². The summed E-state index contributed by atoms with van der Waals surface area (Å²) in [4.78, 5) is 23.6. The standard InChI is InChI=1S/C13H15ClN2O2/c1-9(14)11(17)16-13(7-8-13)12(18)15-10-5-3-2-4-6-10/h2-6,9H,7-8H2,1H3,(H,15,18)(H,16,17). The van der Waals surface area contributed by atoms with Crippen LogP contribution < -0.4 is 10.6 Å². The number of anilines is 1. The molecule has 1 aliphatic carbocycles. The first-order chi connectivity index (χ1) is 8.53. The van der Waals surface area contributed by atoms with Crippen LogP contribution in [0.25, 0.3) is 0 Å². The van der Waals surface area contributed by atoms with E-state index in [2.05, 4.69) is 10.6 Å². The maximum absolute atomic E-state index is 12.1. The molecule has 0 spiro atoms. The van der Waals surface area contributed by atoms with E-state index < -0.39 is 10.9 Å². The minimum absolute atomic E-state index is 0.181. The van der Waals surface area contributed by atoms with Crippen LogP contribution in [-0.2, 0) is 9.59 Å². The third kappa shape index (κ3) is 2.82. The van der Waals surface area contributed by atoms with Gasteiger partial charge in [0.2, 0.25) is 11.8 Å². The average molecular weight is 267 g/mol. The predicted molar refractivity (Wildman–Crippen MR) is 70.5 cm³/mol. The summed E-state index contributed by atoms with van der Waals surface area (Å²) in [7, 11) is 0. The molecule has 1 aliphatic rings. The molecule has 0 aromatic heterocycles. The Bertz CT molecular complexity index is 455. The van der Waals surface area contributed by atoms with Crippen LogP contribution in [0.4, 0.5) is 5.69 Å². The van der Waals surface area contributed by atoms with E-state index in [0.717, 1.165) is 5.69 Å². The second-order valence-corrected chi connectivity index (χ2v) is 5.16. The monoisotopic (exact) mass is 266 g/mol. The van der Waals surface area contributed by atoms with Crippen molar-refractivity contribution in [3.63, 3.8) is 0 Å². The first-order valence-corrected chi connectivity index (χ1v) is 6.30. The molecule has 1 atom stereocenters. The van der Waals surface area contributed by atoms with Crippen molar-refractivity contribution in [1.82, 2.24) is 5.32 Å². The van der Waals surface area contributed by atoms with Crippen molar-refractivity contribution >= 4 is 29.1 Å². The summed E-state index contributed by atoms with van der Waals surface area (Å²) in [6.07, 6.45) is 1.31. The highest BCUT2D eigenvalue weighted by Gasteiger charge is 2.51. The summed E-state index contributed by atoms with van der Waals surface area (Å²) in [6, 6.07) is 9.17. The maximum atomic E-state index is 12.1. The zero-order valence-electron chi connectivity index (χ0n) is 10.1. The van der Waals surface area contributed by atoms with Gasteiger partial charge in [-0.3, -0.25) is 9.59 Å². The fourth-order valence-corrected chi connectivity index (χ4v) is 1.70. The molecule has 1 fully saturated rings. The molecular formula is C13H15ClN2O2. The van der Waals surface area contributed by atoms with Crippen LogP contribution in [0, 0.1) is 0 Å². The van der Waals surface area contributed by atoms with Gasteiger partial charge in [0.1, 0.15) is 10.9 Å². The lowest BCUT2D eigenvalue weighted by molar-refractivity contribution is -0.126. The summed E-state index contributed by atoms with van der Waals surface area (Å²) in [5.74, 6) is -0.489. The smallest absolute Gasteiger partial charge is 0.250 e. The minimum atomic E-state index is -0.768. The molecular weight excluding hydrogens is 252 g/mol. The van der Waals surface area contributed by atoms with Gasteiger partial charge in [-0.1, -0.05) is 18.2 Å². The third-order valence-electron chi connectivity index (χ3n) is 2.94. The number of rotatable bonds is 4. The Balaban J connectivity index is 1.99. The summed E-state index contributed by atoms with van der Waals surface area (Å²) in [6.45, 7) is 1.59. The van der Waals surface area contributed by atoms with E-state index in [4.69, 9.17) is 11.6 Å². The van der Waals surface area contributed by atoms with E-state index in [0.29, 0.717) is 12.8 Å². The second-order valence-electron chi connectivity index (χ2n) is 4.51. The van der Waals surface area contributed by atoms with Crippen molar-refractivity contribution in [2.45, 2.75) is 30.7 Å². The number of amides is 2. The largest absolute Gasteiger partial charge is 0.340 e. The van der Waals surface area contributed by atoms with Crippen LogP contribution in [0.5, 0.6) is 0 Å². The van der Waals surface area contributed by atoms with Crippen molar-refractivity contribution in [3.8, 4) is 0 Å². The Labute approximate surface area is 111 Å². The van der Waals surface area contributed by atoms with Gasteiger partial charge >= 0.3 is 0 Å². The molecule has 0 saturated heterocycles. The maximum Gasteiger partial charge on any atom is 0.250 e. The van der Waals surface area contributed by atoms with E-state index in [9.17, 15) is 9.59 Å². The summed E-state index contributed by atoms with van der Waals surface area (Å²) < 4.78 is 0. The van der Waals surface area contributed by atoms with E-state index in [1.54, 1.807) is 19.1 Å². The van der Waals surface area contributed by atoms with Gasteiger partial charge < -0.3 is 10.6 Å². The fourth-order valence-electron chi connectivity index (χ4n) is 1.64. The number of para-hydroxylation sites is 1. The lowest BCUT2D eigenvalue weighted by Crippen LogP contribution is -2.48. The highest BCUT2D eigenvalue weighted by molar-refractivity contribution is 6.30. The topological polar surface area (TPSA) is 58.2 Å². The molecule has 0 bridgehead atoms. The molecule has 1 aromatic carbocycles. The first-order valence-electron chi connectivity index (χ1n) is 5.86. The molecule has 5 heteroatoms. The van der Waals surface area contributed by atoms with Crippen molar-refractivity contribution in [1.29, 1.82) is 0 Å². The quantitative estimate of drug-likeness (QED) is 0.818. The fraction of sp³-hybridized carbons (Fsp3) is 0.385. The van der Waals surface area contributed by atoms with Crippen LogP contribution in [0.3, 0.4) is 0 Å². The number of carbonyl (C=O) groups excluding carboxylic acids is 2. The second kappa shape index (κ2) is 4.98. The summed E-state index contributed by atoms with van der Waals surface area (Å²) >= 11 is 5.68. The number of benzene rings is 1. The van der Waals surface area contributed by atoms with Gasteiger partial charge in [-0.15, -0.1) is 11.6 Å². The Morgan fingerprint density at radius 1 is 1.28 bits per heavy atom.